The number of carbonyl (C=O) groups is 1. The molecule has 0 fully saturated rings. The fraction of sp³-hybridized carbons (Fsp3) is 0.188. The minimum atomic E-state index is -0.536. The average molecular weight is 404 g/mol. The Bertz CT molecular complexity index is 694. The largest absolute Gasteiger partial charge is 0.481 e. The van der Waals surface area contributed by atoms with E-state index in [1.807, 2.05) is 26.0 Å². The fourth-order valence-corrected chi connectivity index (χ4v) is 3.10. The zero-order chi connectivity index (χ0) is 16.3. The van der Waals surface area contributed by atoms with Crippen molar-refractivity contribution in [2.24, 2.45) is 0 Å². The van der Waals surface area contributed by atoms with Crippen molar-refractivity contribution in [2.75, 3.05) is 6.61 Å². The second-order valence-corrected chi connectivity index (χ2v) is 6.47. The first-order valence-corrected chi connectivity index (χ1v) is 7.97. The summed E-state index contributed by atoms with van der Waals surface area (Å²) in [6, 6.07) is 8.49. The molecule has 0 aliphatic rings. The highest BCUT2D eigenvalue weighted by molar-refractivity contribution is 9.10. The van der Waals surface area contributed by atoms with E-state index in [0.29, 0.717) is 10.8 Å². The second kappa shape index (κ2) is 7.36. The van der Waals surface area contributed by atoms with Crippen molar-refractivity contribution in [3.8, 4) is 11.5 Å². The van der Waals surface area contributed by atoms with Crippen LogP contribution in [0.4, 0.5) is 0 Å². The molecule has 6 heteroatoms. The number of hydrogen-bond donors (Lipinski definition) is 0. The maximum atomic E-state index is 11.9. The monoisotopic (exact) mass is 402 g/mol. The van der Waals surface area contributed by atoms with Crippen molar-refractivity contribution in [3.63, 3.8) is 0 Å². The van der Waals surface area contributed by atoms with Gasteiger partial charge < -0.3 is 9.47 Å². The van der Waals surface area contributed by atoms with Crippen molar-refractivity contribution in [1.82, 2.24) is 0 Å². The van der Waals surface area contributed by atoms with Crippen molar-refractivity contribution in [2.45, 2.75) is 13.8 Å². The van der Waals surface area contributed by atoms with Crippen LogP contribution in [0.5, 0.6) is 11.5 Å². The lowest BCUT2D eigenvalue weighted by Crippen LogP contribution is -2.18. The van der Waals surface area contributed by atoms with Gasteiger partial charge in [0.2, 0.25) is 0 Å². The van der Waals surface area contributed by atoms with E-state index in [1.165, 1.54) is 6.07 Å². The van der Waals surface area contributed by atoms with Crippen LogP contribution >= 0.6 is 39.1 Å². The maximum Gasteiger partial charge on any atom is 0.349 e. The van der Waals surface area contributed by atoms with Gasteiger partial charge in [0.1, 0.15) is 11.5 Å². The molecule has 0 aromatic heterocycles. The van der Waals surface area contributed by atoms with E-state index in [0.717, 1.165) is 15.6 Å². The van der Waals surface area contributed by atoms with Crippen LogP contribution < -0.4 is 9.47 Å². The van der Waals surface area contributed by atoms with Crippen LogP contribution in [0, 0.1) is 13.8 Å². The molecule has 0 N–H and O–H groups in total. The molecule has 0 saturated carbocycles. The van der Waals surface area contributed by atoms with Gasteiger partial charge >= 0.3 is 5.97 Å². The molecular formula is C16H13BrCl2O3. The highest BCUT2D eigenvalue weighted by Gasteiger charge is 2.12. The predicted molar refractivity (Wildman–Crippen MR) is 91.2 cm³/mol. The fourth-order valence-electron chi connectivity index (χ4n) is 1.97. The Morgan fingerprint density at radius 3 is 2.36 bits per heavy atom. The number of ether oxygens (including phenoxy) is 2. The Kier molecular flexibility index (Phi) is 5.73. The van der Waals surface area contributed by atoms with E-state index < -0.39 is 5.97 Å². The highest BCUT2D eigenvalue weighted by Crippen LogP contribution is 2.29. The molecule has 2 rings (SSSR count). The summed E-state index contributed by atoms with van der Waals surface area (Å²) in [5.74, 6) is 0.386. The van der Waals surface area contributed by atoms with E-state index in [1.54, 1.807) is 12.1 Å². The van der Waals surface area contributed by atoms with Crippen LogP contribution in [-0.2, 0) is 4.79 Å². The SMILES string of the molecule is Cc1cc(Br)cc(C)c1OCC(=O)Oc1ccc(Cl)cc1Cl. The van der Waals surface area contributed by atoms with Gasteiger partial charge in [0.25, 0.3) is 0 Å². The molecule has 0 radical (unpaired) electrons. The van der Waals surface area contributed by atoms with Gasteiger partial charge in [-0.2, -0.15) is 0 Å². The summed E-state index contributed by atoms with van der Waals surface area (Å²) in [4.78, 5) is 11.9. The first-order chi connectivity index (χ1) is 10.4. The number of halogens is 3. The molecule has 0 saturated heterocycles. The highest BCUT2D eigenvalue weighted by atomic mass is 79.9. The van der Waals surface area contributed by atoms with E-state index in [-0.39, 0.29) is 17.4 Å². The summed E-state index contributed by atoms with van der Waals surface area (Å²) >= 11 is 15.2. The van der Waals surface area contributed by atoms with Gasteiger partial charge in [0.05, 0.1) is 5.02 Å². The van der Waals surface area contributed by atoms with E-state index in [4.69, 9.17) is 32.7 Å². The molecule has 0 heterocycles. The minimum Gasteiger partial charge on any atom is -0.481 e. The summed E-state index contributed by atoms with van der Waals surface area (Å²) in [5, 5.41) is 0.749. The Hall–Kier alpha value is -1.23. The maximum absolute atomic E-state index is 11.9. The Morgan fingerprint density at radius 2 is 1.77 bits per heavy atom. The third-order valence-electron chi connectivity index (χ3n) is 2.88. The van der Waals surface area contributed by atoms with Gasteiger partial charge in [0.15, 0.2) is 6.61 Å². The number of aryl methyl sites for hydroxylation is 2. The van der Waals surface area contributed by atoms with Crippen LogP contribution in [0.1, 0.15) is 11.1 Å². The lowest BCUT2D eigenvalue weighted by Gasteiger charge is -2.12. The smallest absolute Gasteiger partial charge is 0.349 e. The summed E-state index contributed by atoms with van der Waals surface area (Å²) in [7, 11) is 0. The first-order valence-electron chi connectivity index (χ1n) is 6.42. The standard InChI is InChI=1S/C16H13BrCl2O3/c1-9-5-11(17)6-10(2)16(9)21-8-15(20)22-14-4-3-12(18)7-13(14)19/h3-7H,8H2,1-2H3. The first kappa shape index (κ1) is 17.1. The lowest BCUT2D eigenvalue weighted by atomic mass is 10.1. The lowest BCUT2D eigenvalue weighted by molar-refractivity contribution is -0.136. The Labute approximate surface area is 147 Å². The molecule has 22 heavy (non-hydrogen) atoms. The topological polar surface area (TPSA) is 35.5 Å². The van der Waals surface area contributed by atoms with Crippen molar-refractivity contribution >= 4 is 45.1 Å². The number of hydrogen-bond acceptors (Lipinski definition) is 3. The van der Waals surface area contributed by atoms with Gasteiger partial charge in [-0.1, -0.05) is 39.1 Å². The summed E-state index contributed by atoms with van der Waals surface area (Å²) in [6.07, 6.45) is 0. The molecule has 0 atom stereocenters. The van der Waals surface area contributed by atoms with Crippen LogP contribution in [0.3, 0.4) is 0 Å². The number of rotatable bonds is 4. The van der Waals surface area contributed by atoms with Crippen LogP contribution in [-0.4, -0.2) is 12.6 Å². The number of carbonyl (C=O) groups excluding carboxylic acids is 1. The van der Waals surface area contributed by atoms with E-state index >= 15 is 0 Å². The molecular weight excluding hydrogens is 391 g/mol. The Balaban J connectivity index is 2.02. The van der Waals surface area contributed by atoms with Gasteiger partial charge in [-0.25, -0.2) is 4.79 Å². The quantitative estimate of drug-likeness (QED) is 0.509. The third kappa shape index (κ3) is 4.38. The van der Waals surface area contributed by atoms with Crippen LogP contribution in [0.15, 0.2) is 34.8 Å². The summed E-state index contributed by atoms with van der Waals surface area (Å²) < 4.78 is 11.7. The zero-order valence-corrected chi connectivity index (χ0v) is 15.1. The molecule has 0 spiro atoms. The third-order valence-corrected chi connectivity index (χ3v) is 3.87. The van der Waals surface area contributed by atoms with E-state index in [2.05, 4.69) is 15.9 Å². The summed E-state index contributed by atoms with van der Waals surface area (Å²) in [5.41, 5.74) is 1.87. The molecule has 0 unspecified atom stereocenters. The van der Waals surface area contributed by atoms with Crippen LogP contribution in [0.25, 0.3) is 0 Å². The zero-order valence-electron chi connectivity index (χ0n) is 12.0. The Morgan fingerprint density at radius 1 is 1.14 bits per heavy atom. The second-order valence-electron chi connectivity index (χ2n) is 4.71. The van der Waals surface area contributed by atoms with Crippen LogP contribution in [0.2, 0.25) is 10.0 Å². The number of benzene rings is 2. The molecule has 2 aromatic carbocycles. The van der Waals surface area contributed by atoms with Crippen molar-refractivity contribution < 1.29 is 14.3 Å². The normalized spacial score (nSPS) is 10.4. The molecule has 116 valence electrons. The summed E-state index contributed by atoms with van der Waals surface area (Å²) in [6.45, 7) is 3.62. The van der Waals surface area contributed by atoms with Crippen molar-refractivity contribution in [1.29, 1.82) is 0 Å². The number of esters is 1. The van der Waals surface area contributed by atoms with Gasteiger partial charge in [-0.05, 0) is 55.3 Å². The molecule has 3 nitrogen and oxygen atoms in total. The molecule has 0 aliphatic carbocycles. The minimum absolute atomic E-state index is 0.206. The molecule has 0 aliphatic heterocycles. The molecule has 2 aromatic rings. The van der Waals surface area contributed by atoms with Gasteiger partial charge in [-0.3, -0.25) is 0 Å². The molecule has 0 amide bonds. The van der Waals surface area contributed by atoms with Crippen molar-refractivity contribution in [3.05, 3.63) is 56.0 Å². The van der Waals surface area contributed by atoms with Gasteiger partial charge in [0, 0.05) is 9.50 Å². The molecule has 0 bridgehead atoms. The predicted octanol–water partition coefficient (Wildman–Crippen LogP) is 5.36. The van der Waals surface area contributed by atoms with E-state index in [9.17, 15) is 4.79 Å². The van der Waals surface area contributed by atoms with Gasteiger partial charge in [-0.15, -0.1) is 0 Å². The average Bonchev–Trinajstić information content (AvgIpc) is 2.40.